The van der Waals surface area contributed by atoms with Crippen molar-refractivity contribution in [1.82, 2.24) is 0 Å². The van der Waals surface area contributed by atoms with Gasteiger partial charge in [0, 0.05) is 0 Å². The highest BCUT2D eigenvalue weighted by atomic mass is 14.1. The van der Waals surface area contributed by atoms with E-state index < -0.39 is 0 Å². The molecule has 0 aromatic carbocycles. The Morgan fingerprint density at radius 2 is 0.417 bits per heavy atom. The molecule has 0 amide bonds. The van der Waals surface area contributed by atoms with Crippen molar-refractivity contribution in [3.8, 4) is 0 Å². The Bertz CT molecular complexity index is 359. The first kappa shape index (κ1) is 36.0. The van der Waals surface area contributed by atoms with Crippen LogP contribution in [-0.2, 0) is 0 Å². The third kappa shape index (κ3) is 32.0. The first-order valence-corrected chi connectivity index (χ1v) is 17.8. The summed E-state index contributed by atoms with van der Waals surface area (Å²) in [4.78, 5) is 0. The van der Waals surface area contributed by atoms with E-state index in [9.17, 15) is 0 Å². The Morgan fingerprint density at radius 1 is 0.250 bits per heavy atom. The van der Waals surface area contributed by atoms with E-state index in [0.29, 0.717) is 0 Å². The highest BCUT2D eigenvalue weighted by molar-refractivity contribution is 4.56. The molecule has 0 saturated carbocycles. The van der Waals surface area contributed by atoms with Gasteiger partial charge in [-0.25, -0.2) is 0 Å². The van der Waals surface area contributed by atoms with E-state index in [1.54, 1.807) is 0 Å². The lowest BCUT2D eigenvalue weighted by Crippen LogP contribution is -1.95. The van der Waals surface area contributed by atoms with Gasteiger partial charge in [-0.15, -0.1) is 0 Å². The molecule has 0 bridgehead atoms. The maximum absolute atomic E-state index is 2.48. The van der Waals surface area contributed by atoms with Gasteiger partial charge in [-0.05, 0) is 5.92 Å². The predicted molar refractivity (Wildman–Crippen MR) is 168 cm³/mol. The summed E-state index contributed by atoms with van der Waals surface area (Å²) in [6.07, 6.45) is 47.3. The van der Waals surface area contributed by atoms with E-state index in [2.05, 4.69) is 20.8 Å². The Labute approximate surface area is 232 Å². The first-order valence-electron chi connectivity index (χ1n) is 17.8. The van der Waals surface area contributed by atoms with E-state index in [4.69, 9.17) is 0 Å². The van der Waals surface area contributed by atoms with Gasteiger partial charge in [-0.3, -0.25) is 0 Å². The Kier molecular flexibility index (Phi) is 33.0. The van der Waals surface area contributed by atoms with E-state index in [1.807, 2.05) is 0 Å². The predicted octanol–water partition coefficient (Wildman–Crippen LogP) is 14.1. The zero-order chi connectivity index (χ0) is 26.2. The van der Waals surface area contributed by atoms with Gasteiger partial charge in [-0.2, -0.15) is 0 Å². The summed E-state index contributed by atoms with van der Waals surface area (Å²) in [6.45, 7) is 7.10. The van der Waals surface area contributed by atoms with Crippen molar-refractivity contribution in [3.63, 3.8) is 0 Å². The molecule has 0 aliphatic carbocycles. The molecule has 0 aromatic heterocycles. The number of hydrogen-bond donors (Lipinski definition) is 0. The van der Waals surface area contributed by atoms with Gasteiger partial charge in [0.1, 0.15) is 0 Å². The normalized spacial score (nSPS) is 12.4. The molecule has 1 unspecified atom stereocenters. The molecule has 0 N–H and O–H groups in total. The van der Waals surface area contributed by atoms with E-state index in [-0.39, 0.29) is 0 Å². The second-order valence-electron chi connectivity index (χ2n) is 12.6. The van der Waals surface area contributed by atoms with Gasteiger partial charge in [-0.1, -0.05) is 226 Å². The van der Waals surface area contributed by atoms with Crippen LogP contribution in [-0.4, -0.2) is 0 Å². The Hall–Kier alpha value is 0. The molecule has 0 aromatic rings. The number of hydrogen-bond acceptors (Lipinski definition) is 0. The maximum Gasteiger partial charge on any atom is -0.0443 e. The molecule has 218 valence electrons. The minimum atomic E-state index is 0.969. The minimum Gasteiger partial charge on any atom is -0.0654 e. The summed E-state index contributed by atoms with van der Waals surface area (Å²) in [5.41, 5.74) is 0. The van der Waals surface area contributed by atoms with Crippen molar-refractivity contribution < 1.29 is 0 Å². The van der Waals surface area contributed by atoms with Crippen LogP contribution in [0.2, 0.25) is 0 Å². The highest BCUT2D eigenvalue weighted by Crippen LogP contribution is 2.19. The third-order valence-electron chi connectivity index (χ3n) is 8.60. The first-order chi connectivity index (χ1) is 17.8. The van der Waals surface area contributed by atoms with Crippen molar-refractivity contribution >= 4 is 0 Å². The van der Waals surface area contributed by atoms with Gasteiger partial charge in [0.05, 0.1) is 0 Å². The molecule has 1 atom stereocenters. The molecule has 0 rings (SSSR count). The zero-order valence-electron chi connectivity index (χ0n) is 26.2. The fraction of sp³-hybridized carbons (Fsp3) is 1.00. The van der Waals surface area contributed by atoms with Crippen LogP contribution in [0.15, 0.2) is 0 Å². The summed E-state index contributed by atoms with van der Waals surface area (Å²) in [7, 11) is 0. The average Bonchev–Trinajstić information content (AvgIpc) is 2.88. The summed E-state index contributed by atoms with van der Waals surface area (Å²) in [5, 5.41) is 0. The van der Waals surface area contributed by atoms with Crippen molar-refractivity contribution in [2.45, 2.75) is 226 Å². The fourth-order valence-corrected chi connectivity index (χ4v) is 5.87. The monoisotopic (exact) mass is 507 g/mol. The summed E-state index contributed by atoms with van der Waals surface area (Å²) in [6, 6.07) is 0. The number of rotatable bonds is 32. The minimum absolute atomic E-state index is 0.969. The van der Waals surface area contributed by atoms with Gasteiger partial charge >= 0.3 is 0 Å². The number of unbranched alkanes of at least 4 members (excludes halogenated alkanes) is 28. The molecule has 0 heteroatoms. The van der Waals surface area contributed by atoms with Crippen LogP contribution in [0.1, 0.15) is 226 Å². The molecule has 0 fully saturated rings. The summed E-state index contributed by atoms with van der Waals surface area (Å²) >= 11 is 0. The summed E-state index contributed by atoms with van der Waals surface area (Å²) in [5.74, 6) is 0.969. The van der Waals surface area contributed by atoms with Crippen LogP contribution in [0, 0.1) is 5.92 Å². The lowest BCUT2D eigenvalue weighted by molar-refractivity contribution is 0.433. The van der Waals surface area contributed by atoms with Gasteiger partial charge < -0.3 is 0 Å². The van der Waals surface area contributed by atoms with Crippen molar-refractivity contribution in [2.24, 2.45) is 5.92 Å². The van der Waals surface area contributed by atoms with Gasteiger partial charge in [0.2, 0.25) is 0 Å². The lowest BCUT2D eigenvalue weighted by Gasteiger charge is -2.10. The quantitative estimate of drug-likeness (QED) is 0.0795. The molecule has 0 aliphatic rings. The smallest absolute Gasteiger partial charge is 0.0443 e. The molecule has 0 spiro atoms. The molecule has 0 radical (unpaired) electrons. The topological polar surface area (TPSA) is 0 Å². The van der Waals surface area contributed by atoms with Gasteiger partial charge in [0.25, 0.3) is 0 Å². The zero-order valence-corrected chi connectivity index (χ0v) is 26.2. The molecule has 0 heterocycles. The van der Waals surface area contributed by atoms with Crippen LogP contribution in [0.3, 0.4) is 0 Å². The van der Waals surface area contributed by atoms with Crippen LogP contribution in [0.5, 0.6) is 0 Å². The molecule has 0 saturated heterocycles. The average molecular weight is 507 g/mol. The SMILES string of the molecule is CCCCCCCCCCCCCCCCCCCCCCCCCCCCC(C)CCCCCC. The van der Waals surface area contributed by atoms with E-state index >= 15 is 0 Å². The maximum atomic E-state index is 2.48. The second-order valence-corrected chi connectivity index (χ2v) is 12.6. The summed E-state index contributed by atoms with van der Waals surface area (Å²) < 4.78 is 0. The van der Waals surface area contributed by atoms with Crippen LogP contribution in [0.25, 0.3) is 0 Å². The molecular weight excluding hydrogens is 432 g/mol. The second kappa shape index (κ2) is 33.0. The Balaban J connectivity index is 3.06. The highest BCUT2D eigenvalue weighted by Gasteiger charge is 2.02. The molecular formula is C36H74. The third-order valence-corrected chi connectivity index (χ3v) is 8.60. The van der Waals surface area contributed by atoms with Crippen molar-refractivity contribution in [3.05, 3.63) is 0 Å². The molecule has 0 nitrogen and oxygen atoms in total. The lowest BCUT2D eigenvalue weighted by atomic mass is 9.96. The van der Waals surface area contributed by atoms with E-state index in [1.165, 1.54) is 205 Å². The van der Waals surface area contributed by atoms with E-state index in [0.717, 1.165) is 5.92 Å². The molecule has 0 aliphatic heterocycles. The largest absolute Gasteiger partial charge is 0.0654 e. The Morgan fingerprint density at radius 3 is 0.639 bits per heavy atom. The van der Waals surface area contributed by atoms with Crippen molar-refractivity contribution in [2.75, 3.05) is 0 Å². The standard InChI is InChI=1S/C36H74/c1-4-6-8-10-11-12-13-14-15-16-17-18-19-20-21-22-23-24-25-26-27-28-29-30-31-33-35-36(3)34-32-9-7-5-2/h36H,4-35H2,1-3H3. The van der Waals surface area contributed by atoms with Crippen molar-refractivity contribution in [1.29, 1.82) is 0 Å². The molecule has 36 heavy (non-hydrogen) atoms. The van der Waals surface area contributed by atoms with Crippen LogP contribution in [0.4, 0.5) is 0 Å². The van der Waals surface area contributed by atoms with Crippen LogP contribution < -0.4 is 0 Å². The van der Waals surface area contributed by atoms with Gasteiger partial charge in [0.15, 0.2) is 0 Å². The van der Waals surface area contributed by atoms with Crippen LogP contribution >= 0.6 is 0 Å². The fourth-order valence-electron chi connectivity index (χ4n) is 5.87.